The van der Waals surface area contributed by atoms with E-state index in [1.54, 1.807) is 26.0 Å². The number of benzene rings is 2. The van der Waals surface area contributed by atoms with Gasteiger partial charge in [-0.05, 0) is 25.3 Å². The van der Waals surface area contributed by atoms with E-state index in [2.05, 4.69) is 0 Å². The van der Waals surface area contributed by atoms with Gasteiger partial charge in [-0.1, -0.05) is 67.6 Å². The van der Waals surface area contributed by atoms with Gasteiger partial charge in [0.25, 0.3) is 0 Å². The zero-order valence-electron chi connectivity index (χ0n) is 12.6. The third kappa shape index (κ3) is 4.02. The van der Waals surface area contributed by atoms with Crippen molar-refractivity contribution >= 4 is 5.78 Å². The van der Waals surface area contributed by atoms with Crippen molar-refractivity contribution in [2.45, 2.75) is 32.3 Å². The summed E-state index contributed by atoms with van der Waals surface area (Å²) in [7, 11) is 0. The Morgan fingerprint density at radius 2 is 1.57 bits per heavy atom. The molecule has 0 aliphatic carbocycles. The Morgan fingerprint density at radius 3 is 2.14 bits per heavy atom. The highest BCUT2D eigenvalue weighted by Crippen LogP contribution is 2.26. The van der Waals surface area contributed by atoms with Gasteiger partial charge in [0.05, 0.1) is 5.60 Å². The molecule has 0 heterocycles. The first-order valence-electron chi connectivity index (χ1n) is 7.36. The molecule has 2 heteroatoms. The van der Waals surface area contributed by atoms with Crippen LogP contribution in [0.3, 0.4) is 0 Å². The van der Waals surface area contributed by atoms with Gasteiger partial charge in [-0.25, -0.2) is 0 Å². The van der Waals surface area contributed by atoms with Crippen molar-refractivity contribution < 1.29 is 9.90 Å². The van der Waals surface area contributed by atoms with Crippen molar-refractivity contribution in [3.63, 3.8) is 0 Å². The number of hydrogen-bond acceptors (Lipinski definition) is 2. The fourth-order valence-corrected chi connectivity index (χ4v) is 2.39. The van der Waals surface area contributed by atoms with E-state index in [0.717, 1.165) is 6.42 Å². The Bertz CT molecular complexity index is 573. The van der Waals surface area contributed by atoms with Crippen LogP contribution in [0.2, 0.25) is 0 Å². The van der Waals surface area contributed by atoms with Crippen LogP contribution in [0, 0.1) is 5.92 Å². The molecule has 2 rings (SSSR count). The van der Waals surface area contributed by atoms with Crippen LogP contribution in [0.15, 0.2) is 60.7 Å². The number of rotatable bonds is 6. The topological polar surface area (TPSA) is 37.3 Å². The second-order valence-electron chi connectivity index (χ2n) is 5.79. The molecule has 0 aromatic heterocycles. The maximum atomic E-state index is 12.4. The van der Waals surface area contributed by atoms with E-state index in [0.29, 0.717) is 12.0 Å². The van der Waals surface area contributed by atoms with Gasteiger partial charge in [0, 0.05) is 11.5 Å². The summed E-state index contributed by atoms with van der Waals surface area (Å²) in [5.41, 5.74) is 0.824. The third-order valence-corrected chi connectivity index (χ3v) is 4.15. The maximum Gasteiger partial charge on any atom is 0.168 e. The molecule has 0 radical (unpaired) electrons. The molecule has 1 N–H and O–H groups in total. The molecule has 2 nitrogen and oxygen atoms in total. The molecule has 0 bridgehead atoms. The lowest BCUT2D eigenvalue weighted by Crippen LogP contribution is -2.38. The molecule has 2 aromatic rings. The zero-order chi connectivity index (χ0) is 15.3. The molecule has 0 saturated heterocycles. The lowest BCUT2D eigenvalue weighted by Gasteiger charge is -2.29. The Morgan fingerprint density at radius 1 is 1.05 bits per heavy atom. The summed E-state index contributed by atoms with van der Waals surface area (Å²) in [6, 6.07) is 19.2. The largest absolute Gasteiger partial charge is 0.389 e. The maximum absolute atomic E-state index is 12.4. The monoisotopic (exact) mass is 282 g/mol. The lowest BCUT2D eigenvalue weighted by atomic mass is 9.81. The van der Waals surface area contributed by atoms with Crippen molar-refractivity contribution in [3.05, 3.63) is 71.8 Å². The van der Waals surface area contributed by atoms with Crippen molar-refractivity contribution in [1.29, 1.82) is 0 Å². The smallest absolute Gasteiger partial charge is 0.168 e. The van der Waals surface area contributed by atoms with Gasteiger partial charge in [0.1, 0.15) is 0 Å². The lowest BCUT2D eigenvalue weighted by molar-refractivity contribution is 0.00413. The predicted molar refractivity (Wildman–Crippen MR) is 85.3 cm³/mol. The highest BCUT2D eigenvalue weighted by atomic mass is 16.3. The van der Waals surface area contributed by atoms with Crippen LogP contribution in [0.4, 0.5) is 0 Å². The highest BCUT2D eigenvalue weighted by Gasteiger charge is 2.33. The first kappa shape index (κ1) is 15.5. The molecule has 0 amide bonds. The van der Waals surface area contributed by atoms with Crippen molar-refractivity contribution in [1.82, 2.24) is 0 Å². The van der Waals surface area contributed by atoms with Gasteiger partial charge < -0.3 is 5.11 Å². The van der Waals surface area contributed by atoms with Gasteiger partial charge in [-0.3, -0.25) is 4.79 Å². The summed E-state index contributed by atoms with van der Waals surface area (Å²) in [4.78, 5) is 12.4. The average molecular weight is 282 g/mol. The first-order valence-corrected chi connectivity index (χ1v) is 7.36. The molecule has 0 aliphatic rings. The molecule has 0 fully saturated rings. The fourth-order valence-electron chi connectivity index (χ4n) is 2.39. The van der Waals surface area contributed by atoms with Crippen LogP contribution >= 0.6 is 0 Å². The Hall–Kier alpha value is -1.93. The third-order valence-electron chi connectivity index (χ3n) is 4.15. The second kappa shape index (κ2) is 6.68. The molecule has 0 unspecified atom stereocenters. The van der Waals surface area contributed by atoms with E-state index in [1.807, 2.05) is 48.5 Å². The van der Waals surface area contributed by atoms with Crippen LogP contribution in [-0.4, -0.2) is 16.5 Å². The van der Waals surface area contributed by atoms with Gasteiger partial charge in [-0.15, -0.1) is 0 Å². The molecule has 110 valence electrons. The van der Waals surface area contributed by atoms with Crippen LogP contribution in [-0.2, 0) is 6.42 Å². The molecule has 2 atom stereocenters. The summed E-state index contributed by atoms with van der Waals surface area (Å²) < 4.78 is 0. The number of aryl methyl sites for hydroxylation is 1. The quantitative estimate of drug-likeness (QED) is 0.816. The van der Waals surface area contributed by atoms with E-state index in [-0.39, 0.29) is 5.78 Å². The normalized spacial score (nSPS) is 15.2. The molecule has 21 heavy (non-hydrogen) atoms. The SMILES string of the molecule is C[C@@H](C(=O)c1ccccc1)[C@@](C)(O)CCc1ccccc1. The molecule has 0 aliphatic heterocycles. The Labute approximate surface area is 126 Å². The summed E-state index contributed by atoms with van der Waals surface area (Å²) in [5.74, 6) is -0.433. The van der Waals surface area contributed by atoms with Gasteiger partial charge in [0.2, 0.25) is 0 Å². The van der Waals surface area contributed by atoms with E-state index in [1.165, 1.54) is 5.56 Å². The minimum Gasteiger partial charge on any atom is -0.389 e. The van der Waals surface area contributed by atoms with Gasteiger partial charge in [-0.2, -0.15) is 0 Å². The number of Topliss-reactive ketones (excluding diaryl/α,β-unsaturated/α-hetero) is 1. The number of ketones is 1. The molecular weight excluding hydrogens is 260 g/mol. The predicted octanol–water partition coefficient (Wildman–Crippen LogP) is 3.89. The summed E-state index contributed by atoms with van der Waals surface area (Å²) in [5, 5.41) is 10.7. The van der Waals surface area contributed by atoms with Crippen LogP contribution in [0.25, 0.3) is 0 Å². The van der Waals surface area contributed by atoms with Crippen LogP contribution in [0.5, 0.6) is 0 Å². The minimum atomic E-state index is -1.01. The second-order valence-corrected chi connectivity index (χ2v) is 5.79. The van der Waals surface area contributed by atoms with Crippen LogP contribution in [0.1, 0.15) is 36.2 Å². The molecule has 0 spiro atoms. The summed E-state index contributed by atoms with van der Waals surface area (Å²) in [6.07, 6.45) is 1.33. The molecule has 0 saturated carbocycles. The molecule has 2 aromatic carbocycles. The van der Waals surface area contributed by atoms with E-state index in [4.69, 9.17) is 0 Å². The fraction of sp³-hybridized carbons (Fsp3) is 0.316. The van der Waals surface area contributed by atoms with E-state index in [9.17, 15) is 9.90 Å². The Kier molecular flexibility index (Phi) is 4.92. The number of carbonyl (C=O) groups excluding carboxylic acids is 1. The Balaban J connectivity index is 2.03. The van der Waals surface area contributed by atoms with Crippen molar-refractivity contribution in [3.8, 4) is 0 Å². The number of aliphatic hydroxyl groups is 1. The van der Waals surface area contributed by atoms with Crippen molar-refractivity contribution in [2.24, 2.45) is 5.92 Å². The number of hydrogen-bond donors (Lipinski definition) is 1. The number of carbonyl (C=O) groups is 1. The van der Waals surface area contributed by atoms with E-state index < -0.39 is 11.5 Å². The summed E-state index contributed by atoms with van der Waals surface area (Å²) in [6.45, 7) is 3.56. The molecular formula is C19H22O2. The summed E-state index contributed by atoms with van der Waals surface area (Å²) >= 11 is 0. The van der Waals surface area contributed by atoms with Crippen molar-refractivity contribution in [2.75, 3.05) is 0 Å². The van der Waals surface area contributed by atoms with Gasteiger partial charge >= 0.3 is 0 Å². The van der Waals surface area contributed by atoms with Gasteiger partial charge in [0.15, 0.2) is 5.78 Å². The minimum absolute atomic E-state index is 0.00587. The zero-order valence-corrected chi connectivity index (χ0v) is 12.6. The standard InChI is InChI=1S/C19H22O2/c1-15(18(20)17-11-7-4-8-12-17)19(2,21)14-13-16-9-5-3-6-10-16/h3-12,15,21H,13-14H2,1-2H3/t15-,19-/m0/s1. The highest BCUT2D eigenvalue weighted by molar-refractivity contribution is 5.98. The average Bonchev–Trinajstić information content (AvgIpc) is 2.53. The van der Waals surface area contributed by atoms with E-state index >= 15 is 0 Å². The first-order chi connectivity index (χ1) is 10.0. The van der Waals surface area contributed by atoms with Crippen LogP contribution < -0.4 is 0 Å².